The number of hydrogen-bond donors (Lipinski definition) is 2. The molecule has 2 aromatic carbocycles. The molecule has 4 nitrogen and oxygen atoms in total. The molecule has 1 heterocycles. The van der Waals surface area contributed by atoms with Crippen molar-refractivity contribution in [3.05, 3.63) is 65.2 Å². The Hall–Kier alpha value is -2.59. The molecule has 0 atom stereocenters. The van der Waals surface area contributed by atoms with Gasteiger partial charge in [-0.2, -0.15) is 4.98 Å². The summed E-state index contributed by atoms with van der Waals surface area (Å²) in [5.41, 5.74) is 3.82. The van der Waals surface area contributed by atoms with Crippen LogP contribution >= 0.6 is 11.6 Å². The number of aryl methyl sites for hydroxylation is 1. The van der Waals surface area contributed by atoms with E-state index in [9.17, 15) is 0 Å². The van der Waals surface area contributed by atoms with Crippen molar-refractivity contribution in [3.8, 4) is 11.3 Å². The minimum absolute atomic E-state index is 0.589. The third-order valence-corrected chi connectivity index (χ3v) is 3.92. The van der Waals surface area contributed by atoms with E-state index in [1.165, 1.54) is 0 Å². The molecule has 0 saturated carbocycles. The molecule has 0 aliphatic rings. The highest BCUT2D eigenvalue weighted by atomic mass is 35.5. The zero-order valence-corrected chi connectivity index (χ0v) is 14.4. The van der Waals surface area contributed by atoms with Gasteiger partial charge in [0, 0.05) is 18.2 Å². The Kier molecular flexibility index (Phi) is 4.96. The van der Waals surface area contributed by atoms with E-state index in [0.29, 0.717) is 16.8 Å². The molecule has 0 aliphatic carbocycles. The van der Waals surface area contributed by atoms with Crippen molar-refractivity contribution in [1.29, 1.82) is 0 Å². The molecular weight excluding hydrogens is 320 g/mol. The Labute approximate surface area is 146 Å². The smallest absolute Gasteiger partial charge is 0.225 e. The average molecular weight is 339 g/mol. The summed E-state index contributed by atoms with van der Waals surface area (Å²) in [6.07, 6.45) is 0. The third kappa shape index (κ3) is 3.66. The Balaban J connectivity index is 2.02. The molecule has 0 radical (unpaired) electrons. The maximum absolute atomic E-state index is 6.32. The molecular formula is C19H19ClN4. The lowest BCUT2D eigenvalue weighted by Crippen LogP contribution is -2.06. The number of nitrogens with zero attached hydrogens (tertiary/aromatic N) is 2. The van der Waals surface area contributed by atoms with Gasteiger partial charge in [0.25, 0.3) is 0 Å². The average Bonchev–Trinajstić information content (AvgIpc) is 2.59. The summed E-state index contributed by atoms with van der Waals surface area (Å²) in [4.78, 5) is 9.12. The summed E-state index contributed by atoms with van der Waals surface area (Å²) in [5.74, 6) is 1.29. The highest BCUT2D eigenvalue weighted by Crippen LogP contribution is 2.30. The van der Waals surface area contributed by atoms with E-state index in [1.807, 2.05) is 68.4 Å². The first-order valence-electron chi connectivity index (χ1n) is 7.88. The van der Waals surface area contributed by atoms with E-state index in [2.05, 4.69) is 20.6 Å². The number of anilines is 3. The fraction of sp³-hybridized carbons (Fsp3) is 0.158. The third-order valence-electron chi connectivity index (χ3n) is 3.61. The maximum Gasteiger partial charge on any atom is 0.225 e. The second-order valence-electron chi connectivity index (χ2n) is 5.42. The molecule has 0 amide bonds. The van der Waals surface area contributed by atoms with Gasteiger partial charge in [0.15, 0.2) is 0 Å². The monoisotopic (exact) mass is 338 g/mol. The van der Waals surface area contributed by atoms with Gasteiger partial charge in [-0.05, 0) is 25.5 Å². The molecule has 0 bridgehead atoms. The lowest BCUT2D eigenvalue weighted by Gasteiger charge is -2.13. The first-order chi connectivity index (χ1) is 11.7. The topological polar surface area (TPSA) is 49.8 Å². The highest BCUT2D eigenvalue weighted by molar-refractivity contribution is 6.33. The number of para-hydroxylation sites is 1. The summed E-state index contributed by atoms with van der Waals surface area (Å²) < 4.78 is 0. The predicted molar refractivity (Wildman–Crippen MR) is 101 cm³/mol. The number of benzene rings is 2. The summed E-state index contributed by atoms with van der Waals surface area (Å²) in [5, 5.41) is 7.17. The van der Waals surface area contributed by atoms with Gasteiger partial charge in [0.2, 0.25) is 5.95 Å². The van der Waals surface area contributed by atoms with Crippen molar-refractivity contribution in [2.75, 3.05) is 17.2 Å². The van der Waals surface area contributed by atoms with Gasteiger partial charge in [0.1, 0.15) is 5.82 Å². The number of hydrogen-bond acceptors (Lipinski definition) is 4. The molecule has 3 rings (SSSR count). The van der Waals surface area contributed by atoms with Gasteiger partial charge < -0.3 is 10.6 Å². The molecule has 5 heteroatoms. The van der Waals surface area contributed by atoms with Crippen molar-refractivity contribution >= 4 is 29.1 Å². The fourth-order valence-corrected chi connectivity index (χ4v) is 2.69. The molecule has 1 aromatic heterocycles. The molecule has 0 unspecified atom stereocenters. The first-order valence-corrected chi connectivity index (χ1v) is 8.25. The Morgan fingerprint density at radius 2 is 1.79 bits per heavy atom. The van der Waals surface area contributed by atoms with Crippen LogP contribution in [0.2, 0.25) is 5.02 Å². The van der Waals surface area contributed by atoms with Gasteiger partial charge >= 0.3 is 0 Å². The Morgan fingerprint density at radius 3 is 2.50 bits per heavy atom. The molecule has 24 heavy (non-hydrogen) atoms. The van der Waals surface area contributed by atoms with Crippen LogP contribution < -0.4 is 10.6 Å². The zero-order chi connectivity index (χ0) is 16.9. The van der Waals surface area contributed by atoms with Gasteiger partial charge in [-0.15, -0.1) is 0 Å². The predicted octanol–water partition coefficient (Wildman–Crippen LogP) is 5.28. The van der Waals surface area contributed by atoms with Crippen molar-refractivity contribution < 1.29 is 0 Å². The van der Waals surface area contributed by atoms with Crippen molar-refractivity contribution in [1.82, 2.24) is 9.97 Å². The normalized spacial score (nSPS) is 10.5. The van der Waals surface area contributed by atoms with Crippen molar-refractivity contribution in [2.45, 2.75) is 13.8 Å². The minimum atomic E-state index is 0.589. The number of aromatic nitrogens is 2. The van der Waals surface area contributed by atoms with Crippen LogP contribution in [0.4, 0.5) is 17.5 Å². The standard InChI is InChI=1S/C19H19ClN4/c1-3-21-19-22-16(14-9-5-4-6-10-14)12-17(24-19)23-18-13(2)8-7-11-15(18)20/h4-12H,3H2,1-2H3,(H2,21,22,23,24). The SMILES string of the molecule is CCNc1nc(Nc2c(C)cccc2Cl)cc(-c2ccccc2)n1. The Bertz CT molecular complexity index is 814. The van der Waals surface area contributed by atoms with Crippen molar-refractivity contribution in [2.24, 2.45) is 0 Å². The summed E-state index contributed by atoms with van der Waals surface area (Å²) >= 11 is 6.32. The lowest BCUT2D eigenvalue weighted by atomic mass is 10.1. The van der Waals surface area contributed by atoms with Gasteiger partial charge in [-0.1, -0.05) is 54.1 Å². The lowest BCUT2D eigenvalue weighted by molar-refractivity contribution is 1.09. The molecule has 0 aliphatic heterocycles. The molecule has 0 spiro atoms. The summed E-state index contributed by atoms with van der Waals surface area (Å²) in [6, 6.07) is 17.8. The molecule has 3 aromatic rings. The van der Waals surface area contributed by atoms with E-state index in [-0.39, 0.29) is 0 Å². The van der Waals surface area contributed by atoms with Crippen LogP contribution in [0.25, 0.3) is 11.3 Å². The summed E-state index contributed by atoms with van der Waals surface area (Å²) in [6.45, 7) is 4.78. The molecule has 0 saturated heterocycles. The van der Waals surface area contributed by atoms with E-state index in [4.69, 9.17) is 11.6 Å². The van der Waals surface area contributed by atoms with E-state index < -0.39 is 0 Å². The first kappa shape index (κ1) is 16.3. The van der Waals surface area contributed by atoms with E-state index in [1.54, 1.807) is 0 Å². The van der Waals surface area contributed by atoms with Crippen LogP contribution in [-0.2, 0) is 0 Å². The zero-order valence-electron chi connectivity index (χ0n) is 13.7. The van der Waals surface area contributed by atoms with Crippen LogP contribution in [0.5, 0.6) is 0 Å². The molecule has 2 N–H and O–H groups in total. The van der Waals surface area contributed by atoms with Crippen LogP contribution in [0.3, 0.4) is 0 Å². The second kappa shape index (κ2) is 7.32. The highest BCUT2D eigenvalue weighted by Gasteiger charge is 2.09. The molecule has 0 fully saturated rings. The van der Waals surface area contributed by atoms with E-state index >= 15 is 0 Å². The van der Waals surface area contributed by atoms with Crippen LogP contribution in [0.1, 0.15) is 12.5 Å². The van der Waals surface area contributed by atoms with Gasteiger partial charge in [-0.3, -0.25) is 0 Å². The van der Waals surface area contributed by atoms with E-state index in [0.717, 1.165) is 29.1 Å². The largest absolute Gasteiger partial charge is 0.354 e. The number of rotatable bonds is 5. The van der Waals surface area contributed by atoms with Gasteiger partial charge in [-0.25, -0.2) is 4.98 Å². The van der Waals surface area contributed by atoms with Crippen LogP contribution in [0, 0.1) is 6.92 Å². The van der Waals surface area contributed by atoms with Gasteiger partial charge in [0.05, 0.1) is 16.4 Å². The maximum atomic E-state index is 6.32. The van der Waals surface area contributed by atoms with Crippen LogP contribution in [0.15, 0.2) is 54.6 Å². The summed E-state index contributed by atoms with van der Waals surface area (Å²) in [7, 11) is 0. The Morgan fingerprint density at radius 1 is 1.00 bits per heavy atom. The fourth-order valence-electron chi connectivity index (χ4n) is 2.42. The number of nitrogens with one attached hydrogen (secondary N) is 2. The number of halogens is 1. The quantitative estimate of drug-likeness (QED) is 0.664. The minimum Gasteiger partial charge on any atom is -0.354 e. The molecule has 122 valence electrons. The second-order valence-corrected chi connectivity index (χ2v) is 5.82. The van der Waals surface area contributed by atoms with Crippen LogP contribution in [-0.4, -0.2) is 16.5 Å². The van der Waals surface area contributed by atoms with Crippen molar-refractivity contribution in [3.63, 3.8) is 0 Å².